The normalized spacial score (nSPS) is 19.0. The summed E-state index contributed by atoms with van der Waals surface area (Å²) in [5.74, 6) is -0.721. The van der Waals surface area contributed by atoms with Crippen LogP contribution in [0.2, 0.25) is 5.02 Å². The number of amides is 1. The Hall–Kier alpha value is -1.90. The van der Waals surface area contributed by atoms with Crippen molar-refractivity contribution in [1.29, 1.82) is 0 Å². The van der Waals surface area contributed by atoms with Crippen molar-refractivity contribution in [2.45, 2.75) is 30.2 Å². The molecule has 7 nitrogen and oxygen atoms in total. The number of nitrogens with two attached hydrogens (primary N) is 1. The van der Waals surface area contributed by atoms with E-state index in [1.807, 2.05) is 6.20 Å². The monoisotopic (exact) mass is 382 g/mol. The molecule has 1 aromatic carbocycles. The van der Waals surface area contributed by atoms with Gasteiger partial charge in [-0.05, 0) is 31.0 Å². The maximum absolute atomic E-state index is 13.2. The van der Waals surface area contributed by atoms with Crippen LogP contribution in [0.5, 0.6) is 0 Å². The average molecular weight is 383 g/mol. The van der Waals surface area contributed by atoms with Crippen LogP contribution < -0.4 is 5.73 Å². The van der Waals surface area contributed by atoms with E-state index in [9.17, 15) is 13.2 Å². The molecule has 1 aromatic heterocycles. The van der Waals surface area contributed by atoms with Crippen LogP contribution in [-0.2, 0) is 17.1 Å². The number of carbonyl (C=O) groups excluding carboxylic acids is 1. The van der Waals surface area contributed by atoms with Crippen LogP contribution in [0.3, 0.4) is 0 Å². The molecular weight excluding hydrogens is 364 g/mol. The Kier molecular flexibility index (Phi) is 4.86. The van der Waals surface area contributed by atoms with Crippen LogP contribution in [0.15, 0.2) is 35.5 Å². The van der Waals surface area contributed by atoms with E-state index in [2.05, 4.69) is 5.10 Å². The largest absolute Gasteiger partial charge is 0.366 e. The third-order valence-corrected chi connectivity index (χ3v) is 6.43. The molecule has 1 fully saturated rings. The van der Waals surface area contributed by atoms with Gasteiger partial charge in [0.15, 0.2) is 0 Å². The number of primary amides is 1. The summed E-state index contributed by atoms with van der Waals surface area (Å²) in [6.45, 7) is 0.403. The molecule has 134 valence electrons. The molecule has 0 radical (unpaired) electrons. The van der Waals surface area contributed by atoms with Crippen molar-refractivity contribution in [3.63, 3.8) is 0 Å². The second kappa shape index (κ2) is 6.78. The van der Waals surface area contributed by atoms with Crippen LogP contribution >= 0.6 is 11.6 Å². The Balaban J connectivity index is 2.04. The molecule has 1 aliphatic rings. The zero-order chi connectivity index (χ0) is 18.2. The lowest BCUT2D eigenvalue weighted by molar-refractivity contribution is 0.1000. The van der Waals surface area contributed by atoms with Gasteiger partial charge in [0, 0.05) is 35.9 Å². The topological polar surface area (TPSA) is 98.3 Å². The van der Waals surface area contributed by atoms with E-state index >= 15 is 0 Å². The highest BCUT2D eigenvalue weighted by atomic mass is 35.5. The van der Waals surface area contributed by atoms with Gasteiger partial charge in [-0.1, -0.05) is 18.0 Å². The summed E-state index contributed by atoms with van der Waals surface area (Å²) < 4.78 is 29.5. The smallest absolute Gasteiger partial charge is 0.248 e. The highest BCUT2D eigenvalue weighted by Crippen LogP contribution is 2.35. The quantitative estimate of drug-likeness (QED) is 0.875. The zero-order valence-electron chi connectivity index (χ0n) is 13.7. The molecule has 3 rings (SSSR count). The van der Waals surface area contributed by atoms with Gasteiger partial charge in [0.1, 0.15) is 0 Å². The van der Waals surface area contributed by atoms with Gasteiger partial charge < -0.3 is 5.73 Å². The Morgan fingerprint density at radius 1 is 1.32 bits per heavy atom. The molecule has 9 heteroatoms. The maximum Gasteiger partial charge on any atom is 0.248 e. The fourth-order valence-corrected chi connectivity index (χ4v) is 5.18. The molecule has 0 saturated carbocycles. The molecule has 2 heterocycles. The van der Waals surface area contributed by atoms with E-state index in [1.54, 1.807) is 17.9 Å². The van der Waals surface area contributed by atoms with Crippen LogP contribution in [0.25, 0.3) is 0 Å². The minimum atomic E-state index is -3.82. The molecule has 25 heavy (non-hydrogen) atoms. The number of benzene rings is 1. The minimum absolute atomic E-state index is 0.0235. The molecule has 1 unspecified atom stereocenters. The van der Waals surface area contributed by atoms with Crippen LogP contribution in [0.1, 0.15) is 41.2 Å². The number of nitrogens with zero attached hydrogens (tertiary/aromatic N) is 3. The Labute approximate surface area is 151 Å². The fourth-order valence-electron chi connectivity index (χ4n) is 3.13. The first-order chi connectivity index (χ1) is 11.8. The van der Waals surface area contributed by atoms with Gasteiger partial charge in [-0.15, -0.1) is 0 Å². The van der Waals surface area contributed by atoms with Gasteiger partial charge in [0.2, 0.25) is 15.9 Å². The van der Waals surface area contributed by atoms with Crippen LogP contribution in [0, 0.1) is 0 Å². The Morgan fingerprint density at radius 3 is 2.72 bits per heavy atom. The van der Waals surface area contributed by atoms with E-state index in [0.29, 0.717) is 13.0 Å². The third-order valence-electron chi connectivity index (χ3n) is 4.33. The van der Waals surface area contributed by atoms with E-state index < -0.39 is 15.9 Å². The number of halogens is 1. The lowest BCUT2D eigenvalue weighted by atomic mass is 10.0. The molecule has 0 bridgehead atoms. The fraction of sp³-hybridized carbons (Fsp3) is 0.375. The molecule has 0 aliphatic carbocycles. The number of aryl methyl sites for hydroxylation is 1. The van der Waals surface area contributed by atoms with Crippen molar-refractivity contribution < 1.29 is 13.2 Å². The molecule has 1 atom stereocenters. The van der Waals surface area contributed by atoms with Crippen molar-refractivity contribution in [1.82, 2.24) is 14.1 Å². The standard InChI is InChI=1S/C16H19ClN4O3S/c1-20-10-12(9-19-20)15-4-2-3-5-21(15)25(23,24)14-7-11(16(18)22)6-13(17)8-14/h6-10,15H,2-5H2,1H3,(H2,18,22). The predicted octanol–water partition coefficient (Wildman–Crippen LogP) is 2.09. The predicted molar refractivity (Wildman–Crippen MR) is 93.7 cm³/mol. The van der Waals surface area contributed by atoms with Crippen LogP contribution in [0.4, 0.5) is 0 Å². The van der Waals surface area contributed by atoms with Crippen LogP contribution in [-0.4, -0.2) is 35.0 Å². The van der Waals surface area contributed by atoms with Gasteiger partial charge in [-0.3, -0.25) is 9.48 Å². The Morgan fingerprint density at radius 2 is 2.08 bits per heavy atom. The lowest BCUT2D eigenvalue weighted by Crippen LogP contribution is -2.38. The molecular formula is C16H19ClN4O3S. The van der Waals surface area contributed by atoms with E-state index in [0.717, 1.165) is 18.4 Å². The Bertz CT molecular complexity index is 910. The number of aromatic nitrogens is 2. The highest BCUT2D eigenvalue weighted by molar-refractivity contribution is 7.89. The van der Waals surface area contributed by atoms with Gasteiger partial charge in [-0.2, -0.15) is 9.40 Å². The average Bonchev–Trinajstić information content (AvgIpc) is 3.00. The molecule has 2 aromatic rings. The van der Waals surface area contributed by atoms with E-state index in [-0.39, 0.29) is 21.5 Å². The minimum Gasteiger partial charge on any atom is -0.366 e. The third kappa shape index (κ3) is 3.56. The van der Waals surface area contributed by atoms with Gasteiger partial charge in [-0.25, -0.2) is 8.42 Å². The molecule has 2 N–H and O–H groups in total. The van der Waals surface area contributed by atoms with Crippen molar-refractivity contribution >= 4 is 27.5 Å². The summed E-state index contributed by atoms with van der Waals surface area (Å²) in [6.07, 6.45) is 5.94. The van der Waals surface area contributed by atoms with Gasteiger partial charge in [0.05, 0.1) is 17.1 Å². The summed E-state index contributed by atoms with van der Waals surface area (Å²) in [4.78, 5) is 11.4. The summed E-state index contributed by atoms with van der Waals surface area (Å²) in [7, 11) is -2.03. The number of hydrogen-bond donors (Lipinski definition) is 1. The SMILES string of the molecule is Cn1cc(C2CCCCN2S(=O)(=O)c2cc(Cl)cc(C(N)=O)c2)cn1. The number of hydrogen-bond acceptors (Lipinski definition) is 4. The first kappa shape index (κ1) is 17.9. The number of carbonyl (C=O) groups is 1. The van der Waals surface area contributed by atoms with E-state index in [1.165, 1.54) is 22.5 Å². The van der Waals surface area contributed by atoms with Crippen molar-refractivity contribution in [2.75, 3.05) is 6.54 Å². The molecule has 1 amide bonds. The number of rotatable bonds is 4. The van der Waals surface area contributed by atoms with E-state index in [4.69, 9.17) is 17.3 Å². The van der Waals surface area contributed by atoms with Gasteiger partial charge in [0.25, 0.3) is 0 Å². The molecule has 1 saturated heterocycles. The van der Waals surface area contributed by atoms with Gasteiger partial charge >= 0.3 is 0 Å². The molecule has 1 aliphatic heterocycles. The molecule has 0 spiro atoms. The maximum atomic E-state index is 13.2. The highest BCUT2D eigenvalue weighted by Gasteiger charge is 2.35. The summed E-state index contributed by atoms with van der Waals surface area (Å²) in [5, 5.41) is 4.30. The number of sulfonamides is 1. The summed E-state index contributed by atoms with van der Waals surface area (Å²) >= 11 is 5.99. The van der Waals surface area contributed by atoms with Crippen molar-refractivity contribution in [2.24, 2.45) is 12.8 Å². The lowest BCUT2D eigenvalue weighted by Gasteiger charge is -2.34. The summed E-state index contributed by atoms with van der Waals surface area (Å²) in [5.41, 5.74) is 6.20. The second-order valence-corrected chi connectivity index (χ2v) is 8.44. The second-order valence-electron chi connectivity index (χ2n) is 6.11. The first-order valence-corrected chi connectivity index (χ1v) is 9.71. The summed E-state index contributed by atoms with van der Waals surface area (Å²) in [6, 6.07) is 3.69. The zero-order valence-corrected chi connectivity index (χ0v) is 15.3. The number of piperidine rings is 1. The van der Waals surface area contributed by atoms with Crippen molar-refractivity contribution in [3.05, 3.63) is 46.7 Å². The first-order valence-electron chi connectivity index (χ1n) is 7.90. The van der Waals surface area contributed by atoms with Crippen molar-refractivity contribution in [3.8, 4) is 0 Å².